The standard InChI is InChI=1S/C20H15N3OS/c21-11-14-6-7-15-8-9-23(12-17(15)10-14)20(24)18-13-25-19(22-18)16-4-2-1-3-5-16/h1-7,10,13H,8-9,12H2. The second kappa shape index (κ2) is 6.50. The van der Waals surface area contributed by atoms with E-state index in [1.165, 1.54) is 16.9 Å². The number of fused-ring (bicyclic) bond motifs is 1. The van der Waals surface area contributed by atoms with Gasteiger partial charge in [-0.2, -0.15) is 5.26 Å². The zero-order valence-electron chi connectivity index (χ0n) is 13.5. The first kappa shape index (κ1) is 15.6. The van der Waals surface area contributed by atoms with E-state index in [1.807, 2.05) is 58.8 Å². The maximum Gasteiger partial charge on any atom is 0.273 e. The minimum absolute atomic E-state index is 0.0496. The maximum absolute atomic E-state index is 12.8. The molecule has 0 spiro atoms. The number of hydrogen-bond acceptors (Lipinski definition) is 4. The van der Waals surface area contributed by atoms with Gasteiger partial charge < -0.3 is 4.90 Å². The number of nitriles is 1. The van der Waals surface area contributed by atoms with Crippen LogP contribution in [0.1, 0.15) is 27.2 Å². The third-order valence-corrected chi connectivity index (χ3v) is 5.27. The molecule has 0 fully saturated rings. The highest BCUT2D eigenvalue weighted by atomic mass is 32.1. The minimum Gasteiger partial charge on any atom is -0.333 e. The molecule has 0 unspecified atom stereocenters. The van der Waals surface area contributed by atoms with Gasteiger partial charge in [0.25, 0.3) is 5.91 Å². The summed E-state index contributed by atoms with van der Waals surface area (Å²) in [5.41, 5.74) is 4.41. The van der Waals surface area contributed by atoms with Crippen LogP contribution in [-0.4, -0.2) is 22.3 Å². The van der Waals surface area contributed by atoms with Gasteiger partial charge in [-0.1, -0.05) is 36.4 Å². The van der Waals surface area contributed by atoms with Crippen LogP contribution in [0, 0.1) is 11.3 Å². The smallest absolute Gasteiger partial charge is 0.273 e. The van der Waals surface area contributed by atoms with Crippen molar-refractivity contribution in [2.24, 2.45) is 0 Å². The molecule has 122 valence electrons. The van der Waals surface area contributed by atoms with E-state index in [0.717, 1.165) is 22.6 Å². The highest BCUT2D eigenvalue weighted by molar-refractivity contribution is 7.13. The molecule has 25 heavy (non-hydrogen) atoms. The molecule has 0 atom stereocenters. The molecule has 3 aromatic rings. The first-order valence-electron chi connectivity index (χ1n) is 8.07. The van der Waals surface area contributed by atoms with Crippen LogP contribution >= 0.6 is 11.3 Å². The Morgan fingerprint density at radius 2 is 2.00 bits per heavy atom. The largest absolute Gasteiger partial charge is 0.333 e. The molecule has 0 aliphatic carbocycles. The van der Waals surface area contributed by atoms with Gasteiger partial charge in [-0.05, 0) is 29.7 Å². The summed E-state index contributed by atoms with van der Waals surface area (Å²) >= 11 is 1.48. The second-order valence-electron chi connectivity index (χ2n) is 5.98. The average molecular weight is 345 g/mol. The topological polar surface area (TPSA) is 57.0 Å². The Morgan fingerprint density at radius 3 is 2.80 bits per heavy atom. The number of nitrogens with zero attached hydrogens (tertiary/aromatic N) is 3. The molecule has 0 saturated heterocycles. The van der Waals surface area contributed by atoms with Crippen LogP contribution in [0.2, 0.25) is 0 Å². The van der Waals surface area contributed by atoms with E-state index in [1.54, 1.807) is 0 Å². The third kappa shape index (κ3) is 3.04. The maximum atomic E-state index is 12.8. The van der Waals surface area contributed by atoms with Crippen molar-refractivity contribution in [3.63, 3.8) is 0 Å². The SMILES string of the molecule is N#Cc1ccc2c(c1)CN(C(=O)c1csc(-c3ccccc3)n1)CC2. The lowest BCUT2D eigenvalue weighted by atomic mass is 9.97. The van der Waals surface area contributed by atoms with Crippen LogP contribution in [0.5, 0.6) is 0 Å². The lowest BCUT2D eigenvalue weighted by Crippen LogP contribution is -2.36. The molecular weight excluding hydrogens is 330 g/mol. The predicted molar refractivity (Wildman–Crippen MR) is 97.2 cm³/mol. The van der Waals surface area contributed by atoms with Crippen molar-refractivity contribution in [2.75, 3.05) is 6.54 Å². The Bertz CT molecular complexity index is 972. The van der Waals surface area contributed by atoms with Crippen molar-refractivity contribution < 1.29 is 4.79 Å². The van der Waals surface area contributed by atoms with Crippen LogP contribution in [0.25, 0.3) is 10.6 Å². The van der Waals surface area contributed by atoms with Crippen LogP contribution in [0.4, 0.5) is 0 Å². The Morgan fingerprint density at radius 1 is 1.16 bits per heavy atom. The summed E-state index contributed by atoms with van der Waals surface area (Å²) in [5, 5.41) is 11.7. The number of hydrogen-bond donors (Lipinski definition) is 0. The van der Waals surface area contributed by atoms with Crippen molar-refractivity contribution in [1.29, 1.82) is 5.26 Å². The zero-order chi connectivity index (χ0) is 17.2. The van der Waals surface area contributed by atoms with E-state index in [0.29, 0.717) is 24.3 Å². The van der Waals surface area contributed by atoms with E-state index in [-0.39, 0.29) is 5.91 Å². The zero-order valence-corrected chi connectivity index (χ0v) is 14.3. The van der Waals surface area contributed by atoms with Gasteiger partial charge >= 0.3 is 0 Å². The van der Waals surface area contributed by atoms with Gasteiger partial charge in [0.05, 0.1) is 11.6 Å². The van der Waals surface area contributed by atoms with E-state index < -0.39 is 0 Å². The summed E-state index contributed by atoms with van der Waals surface area (Å²) < 4.78 is 0. The van der Waals surface area contributed by atoms with Gasteiger partial charge in [0, 0.05) is 24.0 Å². The van der Waals surface area contributed by atoms with Crippen LogP contribution in [0.3, 0.4) is 0 Å². The minimum atomic E-state index is -0.0496. The van der Waals surface area contributed by atoms with Gasteiger partial charge in [-0.15, -0.1) is 11.3 Å². The molecule has 1 aliphatic rings. The van der Waals surface area contributed by atoms with Crippen molar-refractivity contribution in [3.8, 4) is 16.6 Å². The van der Waals surface area contributed by atoms with Crippen LogP contribution < -0.4 is 0 Å². The van der Waals surface area contributed by atoms with Crippen molar-refractivity contribution >= 4 is 17.2 Å². The van der Waals surface area contributed by atoms with E-state index in [2.05, 4.69) is 11.1 Å². The Labute approximate surface area is 150 Å². The quantitative estimate of drug-likeness (QED) is 0.708. The highest BCUT2D eigenvalue weighted by Gasteiger charge is 2.24. The molecule has 2 heterocycles. The Kier molecular flexibility index (Phi) is 4.04. The number of rotatable bonds is 2. The molecular formula is C20H15N3OS. The Balaban J connectivity index is 1.56. The molecule has 5 heteroatoms. The summed E-state index contributed by atoms with van der Waals surface area (Å²) in [6.07, 6.45) is 0.808. The molecule has 0 saturated carbocycles. The van der Waals surface area contributed by atoms with Gasteiger partial charge in [-0.25, -0.2) is 4.98 Å². The van der Waals surface area contributed by atoms with E-state index in [9.17, 15) is 4.79 Å². The fourth-order valence-corrected chi connectivity index (χ4v) is 3.85. The third-order valence-electron chi connectivity index (χ3n) is 4.38. The van der Waals surface area contributed by atoms with Crippen LogP contribution in [0.15, 0.2) is 53.9 Å². The molecule has 1 aliphatic heterocycles. The van der Waals surface area contributed by atoms with Crippen molar-refractivity contribution in [3.05, 3.63) is 76.3 Å². The number of thiazole rings is 1. The molecule has 2 aromatic carbocycles. The predicted octanol–water partition coefficient (Wildman–Crippen LogP) is 3.88. The first-order chi connectivity index (χ1) is 12.2. The number of amides is 1. The van der Waals surface area contributed by atoms with Gasteiger partial charge in [0.1, 0.15) is 10.7 Å². The molecule has 0 bridgehead atoms. The number of aromatic nitrogens is 1. The average Bonchev–Trinajstić information content (AvgIpc) is 3.17. The lowest BCUT2D eigenvalue weighted by Gasteiger charge is -2.28. The first-order valence-corrected chi connectivity index (χ1v) is 8.94. The fraction of sp³-hybridized carbons (Fsp3) is 0.150. The summed E-state index contributed by atoms with van der Waals surface area (Å²) in [5.74, 6) is -0.0496. The van der Waals surface area contributed by atoms with Crippen molar-refractivity contribution in [1.82, 2.24) is 9.88 Å². The number of benzene rings is 2. The van der Waals surface area contributed by atoms with E-state index in [4.69, 9.17) is 5.26 Å². The lowest BCUT2D eigenvalue weighted by molar-refractivity contribution is 0.0729. The molecule has 0 radical (unpaired) electrons. The van der Waals surface area contributed by atoms with E-state index >= 15 is 0 Å². The van der Waals surface area contributed by atoms with Gasteiger partial charge in [-0.3, -0.25) is 4.79 Å². The Hall–Kier alpha value is -2.97. The fourth-order valence-electron chi connectivity index (χ4n) is 3.05. The molecule has 0 N–H and O–H groups in total. The summed E-state index contributed by atoms with van der Waals surface area (Å²) in [4.78, 5) is 19.1. The summed E-state index contributed by atoms with van der Waals surface area (Å²) in [6, 6.07) is 17.7. The highest BCUT2D eigenvalue weighted by Crippen LogP contribution is 2.26. The molecule has 1 amide bonds. The number of carbonyl (C=O) groups is 1. The van der Waals surface area contributed by atoms with Gasteiger partial charge in [0.15, 0.2) is 0 Å². The van der Waals surface area contributed by atoms with Gasteiger partial charge in [0.2, 0.25) is 0 Å². The number of carbonyl (C=O) groups excluding carboxylic acids is 1. The van der Waals surface area contributed by atoms with Crippen LogP contribution in [-0.2, 0) is 13.0 Å². The monoisotopic (exact) mass is 345 g/mol. The normalized spacial score (nSPS) is 13.2. The summed E-state index contributed by atoms with van der Waals surface area (Å²) in [6.45, 7) is 1.21. The molecule has 4 nitrogen and oxygen atoms in total. The second-order valence-corrected chi connectivity index (χ2v) is 6.83. The molecule has 4 rings (SSSR count). The summed E-state index contributed by atoms with van der Waals surface area (Å²) in [7, 11) is 0. The molecule has 1 aromatic heterocycles. The van der Waals surface area contributed by atoms with Crippen molar-refractivity contribution in [2.45, 2.75) is 13.0 Å².